The second-order valence-corrected chi connectivity index (χ2v) is 4.34. The van der Waals surface area contributed by atoms with Crippen LogP contribution in [0.25, 0.3) is 22.1 Å². The Kier molecular flexibility index (Phi) is 2.04. The minimum atomic E-state index is 0.678. The zero-order valence-electron chi connectivity index (χ0n) is 8.31. The van der Waals surface area contributed by atoms with Crippen LogP contribution in [0.5, 0.6) is 0 Å². The maximum atomic E-state index is 5.82. The van der Waals surface area contributed by atoms with Crippen LogP contribution >= 0.6 is 15.9 Å². The highest BCUT2D eigenvalue weighted by Gasteiger charge is 2.06. The molecular formula is C12H8BrN3. The molecule has 2 N–H and O–H groups in total. The fourth-order valence-corrected chi connectivity index (χ4v) is 2.09. The van der Waals surface area contributed by atoms with Crippen molar-refractivity contribution >= 4 is 43.7 Å². The van der Waals surface area contributed by atoms with E-state index in [0.29, 0.717) is 5.69 Å². The van der Waals surface area contributed by atoms with Gasteiger partial charge in [0.2, 0.25) is 0 Å². The summed E-state index contributed by atoms with van der Waals surface area (Å²) in [5, 5.41) is 0. The average Bonchev–Trinajstić information content (AvgIpc) is 2.32. The first-order chi connectivity index (χ1) is 7.75. The molecule has 3 nitrogen and oxygen atoms in total. The van der Waals surface area contributed by atoms with E-state index in [2.05, 4.69) is 25.9 Å². The van der Waals surface area contributed by atoms with Crippen LogP contribution in [0.4, 0.5) is 5.69 Å². The van der Waals surface area contributed by atoms with Gasteiger partial charge in [-0.1, -0.05) is 12.1 Å². The first-order valence-electron chi connectivity index (χ1n) is 4.86. The van der Waals surface area contributed by atoms with Gasteiger partial charge in [-0.2, -0.15) is 0 Å². The number of anilines is 1. The van der Waals surface area contributed by atoms with Crippen LogP contribution in [0, 0.1) is 0 Å². The number of halogens is 1. The summed E-state index contributed by atoms with van der Waals surface area (Å²) >= 11 is 3.44. The third kappa shape index (κ3) is 1.34. The highest BCUT2D eigenvalue weighted by Crippen LogP contribution is 2.28. The van der Waals surface area contributed by atoms with Gasteiger partial charge >= 0.3 is 0 Å². The molecule has 0 fully saturated rings. The van der Waals surface area contributed by atoms with Crippen LogP contribution in [0.3, 0.4) is 0 Å². The van der Waals surface area contributed by atoms with E-state index in [0.717, 1.165) is 26.5 Å². The van der Waals surface area contributed by atoms with E-state index in [-0.39, 0.29) is 0 Å². The highest BCUT2D eigenvalue weighted by molar-refractivity contribution is 9.10. The molecule has 0 saturated carbocycles. The van der Waals surface area contributed by atoms with Crippen molar-refractivity contribution < 1.29 is 0 Å². The lowest BCUT2D eigenvalue weighted by Gasteiger charge is -2.04. The second-order valence-electron chi connectivity index (χ2n) is 3.55. The van der Waals surface area contributed by atoms with Crippen molar-refractivity contribution in [1.29, 1.82) is 0 Å². The van der Waals surface area contributed by atoms with E-state index >= 15 is 0 Å². The van der Waals surface area contributed by atoms with Crippen molar-refractivity contribution in [3.63, 3.8) is 0 Å². The molecule has 2 aromatic carbocycles. The van der Waals surface area contributed by atoms with Crippen LogP contribution in [-0.4, -0.2) is 9.97 Å². The lowest BCUT2D eigenvalue weighted by molar-refractivity contribution is 1.39. The molecule has 0 spiro atoms. The number of nitrogens with two attached hydrogens (primary N) is 1. The molecule has 0 aliphatic heterocycles. The van der Waals surface area contributed by atoms with Crippen LogP contribution in [0.2, 0.25) is 0 Å². The Hall–Kier alpha value is -1.68. The van der Waals surface area contributed by atoms with Gasteiger partial charge in [-0.3, -0.25) is 0 Å². The Morgan fingerprint density at radius 3 is 2.31 bits per heavy atom. The van der Waals surface area contributed by atoms with Crippen molar-refractivity contribution in [3.05, 3.63) is 40.9 Å². The van der Waals surface area contributed by atoms with Crippen molar-refractivity contribution in [2.75, 3.05) is 5.73 Å². The van der Waals surface area contributed by atoms with E-state index in [1.165, 1.54) is 0 Å². The Balaban J connectivity index is 2.51. The maximum absolute atomic E-state index is 5.82. The van der Waals surface area contributed by atoms with Gasteiger partial charge in [0.1, 0.15) is 5.52 Å². The Morgan fingerprint density at radius 2 is 1.56 bits per heavy atom. The molecule has 78 valence electrons. The first kappa shape index (κ1) is 9.54. The smallest absolute Gasteiger partial charge is 0.106 e. The van der Waals surface area contributed by atoms with Gasteiger partial charge in [0.25, 0.3) is 0 Å². The number of para-hydroxylation sites is 2. The summed E-state index contributed by atoms with van der Waals surface area (Å²) in [5.74, 6) is 0. The quantitative estimate of drug-likeness (QED) is 0.506. The maximum Gasteiger partial charge on any atom is 0.106 e. The summed E-state index contributed by atoms with van der Waals surface area (Å²) < 4.78 is 0.809. The van der Waals surface area contributed by atoms with Gasteiger partial charge in [-0.05, 0) is 40.2 Å². The summed E-state index contributed by atoms with van der Waals surface area (Å²) in [7, 11) is 0. The van der Waals surface area contributed by atoms with E-state index in [4.69, 9.17) is 5.73 Å². The molecule has 0 unspecified atom stereocenters. The van der Waals surface area contributed by atoms with Gasteiger partial charge < -0.3 is 5.73 Å². The van der Waals surface area contributed by atoms with E-state index in [9.17, 15) is 0 Å². The predicted octanol–water partition coefficient (Wildman–Crippen LogP) is 3.13. The lowest BCUT2D eigenvalue weighted by atomic mass is 10.2. The molecule has 0 bridgehead atoms. The second kappa shape index (κ2) is 3.42. The third-order valence-electron chi connectivity index (χ3n) is 2.48. The molecule has 3 aromatic rings. The molecule has 0 radical (unpaired) electrons. The van der Waals surface area contributed by atoms with Crippen LogP contribution in [0.1, 0.15) is 0 Å². The zero-order valence-corrected chi connectivity index (χ0v) is 9.90. The number of rotatable bonds is 0. The monoisotopic (exact) mass is 273 g/mol. The molecule has 4 heteroatoms. The molecule has 0 aliphatic rings. The van der Waals surface area contributed by atoms with Gasteiger partial charge in [0, 0.05) is 5.69 Å². The number of aromatic nitrogens is 2. The van der Waals surface area contributed by atoms with Gasteiger partial charge in [-0.15, -0.1) is 0 Å². The topological polar surface area (TPSA) is 51.8 Å². The molecule has 0 amide bonds. The summed E-state index contributed by atoms with van der Waals surface area (Å²) in [4.78, 5) is 9.08. The highest BCUT2D eigenvalue weighted by atomic mass is 79.9. The molecule has 3 rings (SSSR count). The van der Waals surface area contributed by atoms with Gasteiger partial charge in [0.05, 0.1) is 21.0 Å². The number of nitrogens with zero attached hydrogens (tertiary/aromatic N) is 2. The Bertz CT molecular complexity index is 694. The van der Waals surface area contributed by atoms with E-state index in [1.807, 2.05) is 36.4 Å². The molecular weight excluding hydrogens is 266 g/mol. The number of hydrogen-bond acceptors (Lipinski definition) is 3. The fraction of sp³-hybridized carbons (Fsp3) is 0. The fourth-order valence-electron chi connectivity index (χ4n) is 1.67. The summed E-state index contributed by atoms with van der Waals surface area (Å²) in [6.45, 7) is 0. The lowest BCUT2D eigenvalue weighted by Crippen LogP contribution is -1.92. The number of fused-ring (bicyclic) bond motifs is 2. The minimum Gasteiger partial charge on any atom is -0.398 e. The van der Waals surface area contributed by atoms with Crippen molar-refractivity contribution in [1.82, 2.24) is 9.97 Å². The molecule has 0 aliphatic carbocycles. The summed E-state index contributed by atoms with van der Waals surface area (Å²) in [6, 6.07) is 11.5. The Labute approximate surface area is 100 Å². The summed E-state index contributed by atoms with van der Waals surface area (Å²) in [6.07, 6.45) is 0. The van der Waals surface area contributed by atoms with Gasteiger partial charge in [0.15, 0.2) is 0 Å². The molecule has 1 heterocycles. The molecule has 16 heavy (non-hydrogen) atoms. The van der Waals surface area contributed by atoms with E-state index < -0.39 is 0 Å². The molecule has 0 saturated heterocycles. The molecule has 1 aromatic heterocycles. The normalized spacial score (nSPS) is 11.1. The largest absolute Gasteiger partial charge is 0.398 e. The summed E-state index contributed by atoms with van der Waals surface area (Å²) in [5.41, 5.74) is 9.92. The van der Waals surface area contributed by atoms with Crippen molar-refractivity contribution in [3.8, 4) is 0 Å². The predicted molar refractivity (Wildman–Crippen MR) is 69.2 cm³/mol. The van der Waals surface area contributed by atoms with E-state index in [1.54, 1.807) is 0 Å². The van der Waals surface area contributed by atoms with Gasteiger partial charge in [-0.25, -0.2) is 9.97 Å². The zero-order chi connectivity index (χ0) is 11.1. The first-order valence-corrected chi connectivity index (χ1v) is 5.65. The van der Waals surface area contributed by atoms with Crippen LogP contribution in [0.15, 0.2) is 40.9 Å². The van der Waals surface area contributed by atoms with Crippen molar-refractivity contribution in [2.24, 2.45) is 0 Å². The Morgan fingerprint density at radius 1 is 0.875 bits per heavy atom. The third-order valence-corrected chi connectivity index (χ3v) is 3.31. The SMILES string of the molecule is Nc1ccc2nc3ccccc3nc2c1Br. The van der Waals surface area contributed by atoms with Crippen molar-refractivity contribution in [2.45, 2.75) is 0 Å². The molecule has 0 atom stereocenters. The minimum absolute atomic E-state index is 0.678. The number of benzene rings is 2. The van der Waals surface area contributed by atoms with Crippen LogP contribution in [-0.2, 0) is 0 Å². The number of hydrogen-bond donors (Lipinski definition) is 1. The van der Waals surface area contributed by atoms with Crippen LogP contribution < -0.4 is 5.73 Å². The number of nitrogen functional groups attached to an aromatic ring is 1. The average molecular weight is 274 g/mol. The standard InChI is InChI=1S/C12H8BrN3/c13-11-7(14)5-6-10-12(11)16-9-4-2-1-3-8(9)15-10/h1-6H,14H2.